The molecule has 2 aromatic rings. The molecule has 9 heteroatoms. The molecule has 1 aliphatic rings. The third kappa shape index (κ3) is 4.86. The van der Waals surface area contributed by atoms with Crippen LogP contribution in [0.5, 0.6) is 0 Å². The van der Waals surface area contributed by atoms with Crippen LogP contribution in [0.1, 0.15) is 36.7 Å². The van der Waals surface area contributed by atoms with Gasteiger partial charge in [-0.1, -0.05) is 32.9 Å². The minimum atomic E-state index is -3.87. The zero-order chi connectivity index (χ0) is 21.2. The Kier molecular flexibility index (Phi) is 5.81. The molecule has 156 valence electrons. The number of carboxylic acid groups (broad SMARTS) is 1. The van der Waals surface area contributed by atoms with E-state index in [1.54, 1.807) is 12.1 Å². The summed E-state index contributed by atoms with van der Waals surface area (Å²) in [5.41, 5.74) is 0.960. The number of nitrogens with zero attached hydrogens (tertiary/aromatic N) is 2. The molecule has 1 aromatic heterocycles. The number of carbonyl (C=O) groups is 1. The predicted molar refractivity (Wildman–Crippen MR) is 110 cm³/mol. The van der Waals surface area contributed by atoms with Gasteiger partial charge < -0.3 is 14.7 Å². The summed E-state index contributed by atoms with van der Waals surface area (Å²) in [5.74, 6) is -0.868. The molecule has 2 N–H and O–H groups in total. The van der Waals surface area contributed by atoms with Gasteiger partial charge in [0, 0.05) is 13.1 Å². The first-order chi connectivity index (χ1) is 13.6. The van der Waals surface area contributed by atoms with Crippen molar-refractivity contribution in [3.05, 3.63) is 47.7 Å². The van der Waals surface area contributed by atoms with Gasteiger partial charge in [0.2, 0.25) is 0 Å². The summed E-state index contributed by atoms with van der Waals surface area (Å²) in [6, 6.07) is 7.92. The summed E-state index contributed by atoms with van der Waals surface area (Å²) in [5, 5.41) is 9.57. The van der Waals surface area contributed by atoms with Gasteiger partial charge in [-0.2, -0.15) is 0 Å². The molecule has 1 aromatic carbocycles. The summed E-state index contributed by atoms with van der Waals surface area (Å²) in [6.07, 6.45) is 1.33. The highest BCUT2D eigenvalue weighted by molar-refractivity contribution is 7.92. The first kappa shape index (κ1) is 21.1. The predicted octanol–water partition coefficient (Wildman–Crippen LogP) is 2.71. The third-order valence-corrected chi connectivity index (χ3v) is 6.09. The van der Waals surface area contributed by atoms with Crippen molar-refractivity contribution in [1.82, 2.24) is 4.98 Å². The number of ether oxygens (including phenoxy) is 1. The number of hydrogen-bond acceptors (Lipinski definition) is 6. The van der Waals surface area contributed by atoms with E-state index >= 15 is 0 Å². The zero-order valence-electron chi connectivity index (χ0n) is 16.7. The van der Waals surface area contributed by atoms with Crippen LogP contribution in [-0.2, 0) is 20.2 Å². The highest BCUT2D eigenvalue weighted by atomic mass is 32.2. The number of sulfonamides is 1. The number of nitrogens with one attached hydrogen (secondary N) is 1. The number of anilines is 2. The van der Waals surface area contributed by atoms with Crippen LogP contribution in [0.15, 0.2) is 41.4 Å². The second kappa shape index (κ2) is 8.00. The second-order valence-corrected chi connectivity index (χ2v) is 9.56. The molecule has 0 aliphatic carbocycles. The van der Waals surface area contributed by atoms with E-state index in [1.807, 2.05) is 25.7 Å². The lowest BCUT2D eigenvalue weighted by Gasteiger charge is -2.28. The van der Waals surface area contributed by atoms with Crippen LogP contribution in [0, 0.1) is 0 Å². The van der Waals surface area contributed by atoms with Crippen LogP contribution >= 0.6 is 0 Å². The van der Waals surface area contributed by atoms with Crippen LogP contribution in [0.2, 0.25) is 0 Å². The Morgan fingerprint density at radius 1 is 1.17 bits per heavy atom. The van der Waals surface area contributed by atoms with E-state index in [0.717, 1.165) is 5.56 Å². The highest BCUT2D eigenvalue weighted by Gasteiger charge is 2.23. The van der Waals surface area contributed by atoms with Crippen molar-refractivity contribution in [2.45, 2.75) is 31.1 Å². The van der Waals surface area contributed by atoms with Gasteiger partial charge in [-0.05, 0) is 29.2 Å². The van der Waals surface area contributed by atoms with Crippen LogP contribution in [0.4, 0.5) is 11.5 Å². The fraction of sp³-hybridized carbons (Fsp3) is 0.400. The molecule has 0 saturated carbocycles. The number of benzene rings is 1. The standard InChI is InChI=1S/C20H25N3O5S/c1-20(2,3)14-4-6-16(7-5-14)29(26,27)22-15-12-17(19(24)25)18(21-13-15)23-8-10-28-11-9-23/h4-7,12-13,22H,8-11H2,1-3H3,(H,24,25). The summed E-state index contributed by atoms with van der Waals surface area (Å²) >= 11 is 0. The fourth-order valence-electron chi connectivity index (χ4n) is 3.05. The van der Waals surface area contributed by atoms with Gasteiger partial charge >= 0.3 is 5.97 Å². The maximum absolute atomic E-state index is 12.7. The molecule has 0 unspecified atom stereocenters. The van der Waals surface area contributed by atoms with Crippen molar-refractivity contribution in [2.24, 2.45) is 0 Å². The Morgan fingerprint density at radius 2 is 1.79 bits per heavy atom. The smallest absolute Gasteiger partial charge is 0.339 e. The van der Waals surface area contributed by atoms with E-state index in [2.05, 4.69) is 9.71 Å². The minimum absolute atomic E-state index is 0.0600. The summed E-state index contributed by atoms with van der Waals surface area (Å²) in [7, 11) is -3.87. The first-order valence-corrected chi connectivity index (χ1v) is 10.8. The molecule has 0 spiro atoms. The van der Waals surface area contributed by atoms with Gasteiger partial charge in [-0.25, -0.2) is 18.2 Å². The molecule has 3 rings (SSSR count). The van der Waals surface area contributed by atoms with Crippen molar-refractivity contribution in [2.75, 3.05) is 35.9 Å². The largest absolute Gasteiger partial charge is 0.478 e. The Balaban J connectivity index is 1.87. The second-order valence-electron chi connectivity index (χ2n) is 7.88. The monoisotopic (exact) mass is 419 g/mol. The molecule has 8 nitrogen and oxygen atoms in total. The Morgan fingerprint density at radius 3 is 2.34 bits per heavy atom. The lowest BCUT2D eigenvalue weighted by Crippen LogP contribution is -2.37. The third-order valence-electron chi connectivity index (χ3n) is 4.69. The van der Waals surface area contributed by atoms with Crippen LogP contribution < -0.4 is 9.62 Å². The molecule has 2 heterocycles. The molecular formula is C20H25N3O5S. The molecule has 1 fully saturated rings. The van der Waals surface area contributed by atoms with Crippen molar-refractivity contribution in [3.63, 3.8) is 0 Å². The van der Waals surface area contributed by atoms with Gasteiger partial charge in [0.15, 0.2) is 0 Å². The normalized spacial score (nSPS) is 15.2. The molecule has 0 amide bonds. The molecule has 0 atom stereocenters. The number of aromatic carboxylic acids is 1. The van der Waals surface area contributed by atoms with Crippen molar-refractivity contribution in [1.29, 1.82) is 0 Å². The fourth-order valence-corrected chi connectivity index (χ4v) is 4.08. The Bertz CT molecular complexity index is 992. The molecule has 29 heavy (non-hydrogen) atoms. The van der Waals surface area contributed by atoms with Crippen molar-refractivity contribution < 1.29 is 23.1 Å². The van der Waals surface area contributed by atoms with Crippen LogP contribution in [0.25, 0.3) is 0 Å². The number of pyridine rings is 1. The minimum Gasteiger partial charge on any atom is -0.478 e. The molecular weight excluding hydrogens is 394 g/mol. The van der Waals surface area contributed by atoms with E-state index < -0.39 is 16.0 Å². The maximum atomic E-state index is 12.7. The van der Waals surface area contributed by atoms with E-state index in [-0.39, 0.29) is 21.6 Å². The lowest BCUT2D eigenvalue weighted by atomic mass is 9.87. The SMILES string of the molecule is CC(C)(C)c1ccc(S(=O)(=O)Nc2cnc(N3CCOCC3)c(C(=O)O)c2)cc1. The summed E-state index contributed by atoms with van der Waals surface area (Å²) < 4.78 is 33.1. The van der Waals surface area contributed by atoms with Gasteiger partial charge in [0.1, 0.15) is 11.4 Å². The summed E-state index contributed by atoms with van der Waals surface area (Å²) in [4.78, 5) is 17.8. The molecule has 0 bridgehead atoms. The molecule has 1 aliphatic heterocycles. The molecule has 1 saturated heterocycles. The maximum Gasteiger partial charge on any atom is 0.339 e. The average molecular weight is 420 g/mol. The van der Waals surface area contributed by atoms with Gasteiger partial charge in [-0.15, -0.1) is 0 Å². The van der Waals surface area contributed by atoms with E-state index in [4.69, 9.17) is 4.74 Å². The van der Waals surface area contributed by atoms with Crippen molar-refractivity contribution in [3.8, 4) is 0 Å². The van der Waals surface area contributed by atoms with E-state index in [1.165, 1.54) is 24.4 Å². The van der Waals surface area contributed by atoms with Gasteiger partial charge in [0.05, 0.1) is 30.0 Å². The highest BCUT2D eigenvalue weighted by Crippen LogP contribution is 2.26. The number of morpholine rings is 1. The number of aromatic nitrogens is 1. The topological polar surface area (TPSA) is 109 Å². The lowest BCUT2D eigenvalue weighted by molar-refractivity contribution is 0.0696. The van der Waals surface area contributed by atoms with E-state index in [0.29, 0.717) is 32.1 Å². The Hall–Kier alpha value is -2.65. The molecule has 0 radical (unpaired) electrons. The quantitative estimate of drug-likeness (QED) is 0.767. The Labute approximate surface area is 170 Å². The first-order valence-electron chi connectivity index (χ1n) is 9.27. The van der Waals surface area contributed by atoms with Gasteiger partial charge in [-0.3, -0.25) is 4.72 Å². The number of carboxylic acids is 1. The van der Waals surface area contributed by atoms with Crippen LogP contribution in [0.3, 0.4) is 0 Å². The van der Waals surface area contributed by atoms with Crippen molar-refractivity contribution >= 4 is 27.5 Å². The zero-order valence-corrected chi connectivity index (χ0v) is 17.5. The number of rotatable bonds is 5. The number of hydrogen-bond donors (Lipinski definition) is 2. The van der Waals surface area contributed by atoms with Crippen LogP contribution in [-0.4, -0.2) is 50.8 Å². The van der Waals surface area contributed by atoms with E-state index in [9.17, 15) is 18.3 Å². The summed E-state index contributed by atoms with van der Waals surface area (Å²) in [6.45, 7) is 8.16. The van der Waals surface area contributed by atoms with Gasteiger partial charge in [0.25, 0.3) is 10.0 Å². The average Bonchev–Trinajstić information content (AvgIpc) is 2.68.